The fourth-order valence-electron chi connectivity index (χ4n) is 0. The molecule has 0 fully saturated rings. The number of aliphatic carboxylic acids is 2. The van der Waals surface area contributed by atoms with Gasteiger partial charge in [-0.05, 0) is 0 Å². The van der Waals surface area contributed by atoms with Crippen LogP contribution in [0.15, 0.2) is 0 Å². The minimum absolute atomic E-state index is 0. The molecule has 9 heteroatoms. The third-order valence-corrected chi connectivity index (χ3v) is 0.356. The molecule has 4 nitrogen and oxygen atoms in total. The van der Waals surface area contributed by atoms with E-state index in [4.69, 9.17) is 19.8 Å². The van der Waals surface area contributed by atoms with Crippen molar-refractivity contribution < 1.29 is 56.8 Å². The second-order valence-corrected chi connectivity index (χ2v) is 1.24. The largest absolute Gasteiger partial charge is 2.00 e. The Labute approximate surface area is 82.3 Å². The maximum absolute atomic E-state index is 10.5. The van der Waals surface area contributed by atoms with Crippen LogP contribution in [0.3, 0.4) is 0 Å². The molecule has 0 spiro atoms. The maximum atomic E-state index is 10.5. The quantitative estimate of drug-likeness (QED) is 0.436. The van der Waals surface area contributed by atoms with E-state index < -0.39 is 24.8 Å². The van der Waals surface area contributed by atoms with Crippen molar-refractivity contribution >= 4 is 11.9 Å². The number of carboxylic acids is 2. The van der Waals surface area contributed by atoms with Crippen LogP contribution in [-0.2, 0) is 29.1 Å². The first-order chi connectivity index (χ1) is 5.29. The molecule has 0 aromatic heterocycles. The van der Waals surface area contributed by atoms with Gasteiger partial charge in [0.2, 0.25) is 0 Å². The fraction of sp³-hybridized carbons (Fsp3) is 0.500. The molecule has 0 unspecified atom stereocenters. The van der Waals surface area contributed by atoms with Crippen LogP contribution in [0.2, 0.25) is 0 Å². The van der Waals surface area contributed by atoms with E-state index in [1.165, 1.54) is 0 Å². The van der Waals surface area contributed by atoms with Gasteiger partial charge in [-0.15, -0.1) is 0 Å². The second-order valence-electron chi connectivity index (χ2n) is 1.24. The second kappa shape index (κ2) is 9.37. The molecule has 0 aromatic carbocycles. The predicted molar refractivity (Wildman–Crippen MR) is 22.0 cm³/mol. The molecule has 0 rings (SSSR count). The molecule has 1 radical (unpaired) electrons. The average Bonchev–Trinajstić information content (AvgIpc) is 1.88. The van der Waals surface area contributed by atoms with Crippen LogP contribution in [0.1, 0.15) is 0 Å². The number of halogens is 4. The molecule has 0 atom stereocenters. The number of carbonyl (C=O) groups excluding carboxylic acids is 2. The van der Waals surface area contributed by atoms with Crippen molar-refractivity contribution in [2.75, 3.05) is 0 Å². The third-order valence-electron chi connectivity index (χ3n) is 0.356. The topological polar surface area (TPSA) is 80.3 Å². The molecule has 0 aliphatic rings. The van der Waals surface area contributed by atoms with Gasteiger partial charge in [0.1, 0.15) is 11.9 Å². The Morgan fingerprint density at radius 3 is 0.923 bits per heavy atom. The Bertz CT molecular complexity index is 144. The Hall–Kier alpha value is -0.717. The summed E-state index contributed by atoms with van der Waals surface area (Å²) < 4.78 is 42.0. The van der Waals surface area contributed by atoms with Gasteiger partial charge in [0, 0.05) is 0 Å². The number of hydrogen-bond acceptors (Lipinski definition) is 4. The molecule has 0 heterocycles. The van der Waals surface area contributed by atoms with Crippen molar-refractivity contribution in [3.05, 3.63) is 0 Å². The van der Waals surface area contributed by atoms with Crippen LogP contribution in [0.5, 0.6) is 0 Å². The van der Waals surface area contributed by atoms with Gasteiger partial charge in [0.05, 0.1) is 0 Å². The molecule has 0 aliphatic carbocycles. The minimum atomic E-state index is -3.34. The van der Waals surface area contributed by atoms with Crippen LogP contribution < -0.4 is 10.2 Å². The Morgan fingerprint density at radius 1 is 0.846 bits per heavy atom. The first kappa shape index (κ1) is 18.1. The Morgan fingerprint density at radius 2 is 0.923 bits per heavy atom. The monoisotopic (exact) mass is 293 g/mol. The normalized spacial score (nSPS) is 8.46. The Kier molecular flexibility index (Phi) is 13.1. The molecular weight excluding hydrogens is 291 g/mol. The number of carbonyl (C=O) groups is 2. The number of alkyl halides is 4. The van der Waals surface area contributed by atoms with Gasteiger partial charge >= 0.3 is 19.5 Å². The number of rotatable bonds is 2. The van der Waals surface area contributed by atoms with Crippen LogP contribution in [0.4, 0.5) is 17.6 Å². The standard InChI is InChI=1S/2C2H2F2O2.Rh/c2*3-1(4)2(5)6;/h2*1H,(H,5,6);/q;;+2/p-2. The zero-order chi connectivity index (χ0) is 10.3. The number of hydrogen-bond donors (Lipinski definition) is 0. The van der Waals surface area contributed by atoms with E-state index in [9.17, 15) is 17.6 Å². The van der Waals surface area contributed by atoms with Gasteiger partial charge in [0.25, 0.3) is 12.9 Å². The average molecular weight is 293 g/mol. The summed E-state index contributed by atoms with van der Waals surface area (Å²) in [6, 6.07) is 0. The van der Waals surface area contributed by atoms with Crippen molar-refractivity contribution in [3.63, 3.8) is 0 Å². The van der Waals surface area contributed by atoms with E-state index in [1.807, 2.05) is 0 Å². The van der Waals surface area contributed by atoms with E-state index in [0.717, 1.165) is 0 Å². The molecule has 0 N–H and O–H groups in total. The van der Waals surface area contributed by atoms with Crippen molar-refractivity contribution in [2.45, 2.75) is 12.9 Å². The minimum Gasteiger partial charge on any atom is -0.544 e. The van der Waals surface area contributed by atoms with Crippen LogP contribution in [0, 0.1) is 0 Å². The van der Waals surface area contributed by atoms with Gasteiger partial charge < -0.3 is 19.8 Å². The summed E-state index contributed by atoms with van der Waals surface area (Å²) in [5.41, 5.74) is 0. The molecule has 0 amide bonds. The van der Waals surface area contributed by atoms with Crippen molar-refractivity contribution in [2.24, 2.45) is 0 Å². The first-order valence-corrected chi connectivity index (χ1v) is 2.27. The van der Waals surface area contributed by atoms with Gasteiger partial charge in [-0.25, -0.2) is 17.6 Å². The zero-order valence-corrected chi connectivity index (χ0v) is 7.27. The van der Waals surface area contributed by atoms with Crippen LogP contribution in [0.25, 0.3) is 0 Å². The van der Waals surface area contributed by atoms with Gasteiger partial charge in [0.15, 0.2) is 0 Å². The maximum Gasteiger partial charge on any atom is 2.00 e. The predicted octanol–water partition coefficient (Wildman–Crippen LogP) is -2.00. The summed E-state index contributed by atoms with van der Waals surface area (Å²) >= 11 is 0. The molecule has 0 saturated carbocycles. The van der Waals surface area contributed by atoms with Gasteiger partial charge in [-0.3, -0.25) is 0 Å². The third kappa shape index (κ3) is 18.3. The molecule has 13 heavy (non-hydrogen) atoms. The number of carboxylic acid groups (broad SMARTS) is 2. The van der Waals surface area contributed by atoms with Crippen molar-refractivity contribution in [1.29, 1.82) is 0 Å². The van der Waals surface area contributed by atoms with Crippen LogP contribution in [-0.4, -0.2) is 24.8 Å². The summed E-state index contributed by atoms with van der Waals surface area (Å²) in [6.45, 7) is 0. The first-order valence-electron chi connectivity index (χ1n) is 2.27. The van der Waals surface area contributed by atoms with E-state index in [0.29, 0.717) is 0 Å². The van der Waals surface area contributed by atoms with E-state index >= 15 is 0 Å². The molecule has 0 aliphatic heterocycles. The Balaban J connectivity index is -0.000000143. The summed E-state index contributed by atoms with van der Waals surface area (Å²) in [6.07, 6.45) is -6.69. The molecule has 0 saturated heterocycles. The molecular formula is C4H2F4O4Rh. The summed E-state index contributed by atoms with van der Waals surface area (Å²) in [4.78, 5) is 17.7. The van der Waals surface area contributed by atoms with Crippen molar-refractivity contribution in [1.82, 2.24) is 0 Å². The zero-order valence-electron chi connectivity index (χ0n) is 5.63. The molecule has 0 bridgehead atoms. The van der Waals surface area contributed by atoms with Crippen molar-refractivity contribution in [3.8, 4) is 0 Å². The van der Waals surface area contributed by atoms with E-state index in [1.54, 1.807) is 0 Å². The fourth-order valence-corrected chi connectivity index (χ4v) is 0. The summed E-state index contributed by atoms with van der Waals surface area (Å²) in [5, 5.41) is 17.7. The summed E-state index contributed by atoms with van der Waals surface area (Å²) in [5.74, 6) is -4.65. The van der Waals surface area contributed by atoms with Gasteiger partial charge in [-0.2, -0.15) is 0 Å². The van der Waals surface area contributed by atoms with E-state index in [-0.39, 0.29) is 19.5 Å². The van der Waals surface area contributed by atoms with Crippen LogP contribution >= 0.6 is 0 Å². The smallest absolute Gasteiger partial charge is 0.544 e. The molecule has 0 aromatic rings. The van der Waals surface area contributed by atoms with Gasteiger partial charge in [-0.1, -0.05) is 0 Å². The SMILES string of the molecule is O=C([O-])C(F)F.O=C([O-])C(F)F.[Rh+2]. The van der Waals surface area contributed by atoms with E-state index in [2.05, 4.69) is 0 Å². The molecule has 79 valence electrons. The summed E-state index contributed by atoms with van der Waals surface area (Å²) in [7, 11) is 0.